The lowest BCUT2D eigenvalue weighted by Gasteiger charge is -2.33. The van der Waals surface area contributed by atoms with Crippen molar-refractivity contribution >= 4 is 43.5 Å². The molecule has 0 aliphatic heterocycles. The molecule has 2 aromatic rings. The summed E-state index contributed by atoms with van der Waals surface area (Å²) in [6.45, 7) is 9.15. The molecule has 1 N–H and O–H groups in total. The van der Waals surface area contributed by atoms with E-state index in [9.17, 15) is 18.0 Å². The summed E-state index contributed by atoms with van der Waals surface area (Å²) in [5.74, 6) is -0.704. The van der Waals surface area contributed by atoms with Gasteiger partial charge in [0.25, 0.3) is 0 Å². The maximum absolute atomic E-state index is 13.7. The van der Waals surface area contributed by atoms with Crippen LogP contribution in [0, 0.1) is 13.8 Å². The second-order valence-electron chi connectivity index (χ2n) is 8.74. The molecular formula is C25H34BrN3O4S. The summed E-state index contributed by atoms with van der Waals surface area (Å²) in [4.78, 5) is 28.2. The van der Waals surface area contributed by atoms with E-state index in [1.807, 2.05) is 58.9 Å². The molecule has 2 aromatic carbocycles. The SMILES string of the molecule is CC[C@@H](C(=O)NC(C)C)N(Cc1ccccc1C)C(=O)CN(c1ccc(Br)c(C)c1)S(C)(=O)=O. The highest BCUT2D eigenvalue weighted by Crippen LogP contribution is 2.25. The zero-order valence-electron chi connectivity index (χ0n) is 20.6. The number of benzene rings is 2. The molecular weight excluding hydrogens is 518 g/mol. The molecule has 186 valence electrons. The molecule has 1 atom stereocenters. The van der Waals surface area contributed by atoms with Crippen LogP contribution in [0.1, 0.15) is 43.9 Å². The van der Waals surface area contributed by atoms with Gasteiger partial charge in [-0.15, -0.1) is 0 Å². The molecule has 0 radical (unpaired) electrons. The first-order valence-electron chi connectivity index (χ1n) is 11.2. The second-order valence-corrected chi connectivity index (χ2v) is 11.5. The molecule has 9 heteroatoms. The molecule has 0 aromatic heterocycles. The summed E-state index contributed by atoms with van der Waals surface area (Å²) < 4.78 is 27.3. The van der Waals surface area contributed by atoms with E-state index in [1.165, 1.54) is 4.90 Å². The van der Waals surface area contributed by atoms with Crippen LogP contribution < -0.4 is 9.62 Å². The highest BCUT2D eigenvalue weighted by atomic mass is 79.9. The predicted molar refractivity (Wildman–Crippen MR) is 140 cm³/mol. The van der Waals surface area contributed by atoms with Crippen molar-refractivity contribution in [3.8, 4) is 0 Å². The third-order valence-corrected chi connectivity index (χ3v) is 7.56. The summed E-state index contributed by atoms with van der Waals surface area (Å²) in [6, 6.07) is 12.0. The van der Waals surface area contributed by atoms with Gasteiger partial charge in [0.2, 0.25) is 21.8 Å². The van der Waals surface area contributed by atoms with Gasteiger partial charge in [0.1, 0.15) is 12.6 Å². The van der Waals surface area contributed by atoms with Gasteiger partial charge in [-0.2, -0.15) is 0 Å². The van der Waals surface area contributed by atoms with Crippen molar-refractivity contribution in [3.05, 3.63) is 63.6 Å². The standard InChI is InChI=1S/C25H34BrN3O4S/c1-7-23(25(31)27-17(2)3)28(15-20-11-9-8-10-18(20)4)24(30)16-29(34(6,32)33)21-12-13-22(26)19(5)14-21/h8-14,17,23H,7,15-16H2,1-6H3,(H,27,31)/t23-/m0/s1. The van der Waals surface area contributed by atoms with E-state index < -0.39 is 28.5 Å². The molecule has 2 rings (SSSR count). The fourth-order valence-corrected chi connectivity index (χ4v) is 4.76. The van der Waals surface area contributed by atoms with Crippen molar-refractivity contribution in [2.24, 2.45) is 0 Å². The quantitative estimate of drug-likeness (QED) is 0.480. The van der Waals surface area contributed by atoms with Gasteiger partial charge < -0.3 is 10.2 Å². The first kappa shape index (κ1) is 27.9. The van der Waals surface area contributed by atoms with E-state index in [0.717, 1.165) is 31.7 Å². The van der Waals surface area contributed by atoms with Crippen LogP contribution in [0.3, 0.4) is 0 Å². The number of carbonyl (C=O) groups is 2. The molecule has 0 heterocycles. The normalized spacial score (nSPS) is 12.4. The number of amides is 2. The van der Waals surface area contributed by atoms with E-state index in [4.69, 9.17) is 0 Å². The summed E-state index contributed by atoms with van der Waals surface area (Å²) in [7, 11) is -3.76. The Morgan fingerprint density at radius 2 is 1.71 bits per heavy atom. The van der Waals surface area contributed by atoms with Gasteiger partial charge in [-0.1, -0.05) is 47.1 Å². The van der Waals surface area contributed by atoms with Crippen LogP contribution in [0.15, 0.2) is 46.9 Å². The fourth-order valence-electron chi connectivity index (χ4n) is 3.67. The van der Waals surface area contributed by atoms with Crippen molar-refractivity contribution in [1.29, 1.82) is 0 Å². The summed E-state index contributed by atoms with van der Waals surface area (Å²) in [6.07, 6.45) is 1.47. The number of halogens is 1. The van der Waals surface area contributed by atoms with E-state index in [0.29, 0.717) is 12.1 Å². The van der Waals surface area contributed by atoms with E-state index in [2.05, 4.69) is 21.2 Å². The first-order valence-corrected chi connectivity index (χ1v) is 13.9. The van der Waals surface area contributed by atoms with Gasteiger partial charge in [-0.3, -0.25) is 13.9 Å². The van der Waals surface area contributed by atoms with Crippen molar-refractivity contribution < 1.29 is 18.0 Å². The molecule has 0 aliphatic carbocycles. The third-order valence-electron chi connectivity index (χ3n) is 5.53. The Bertz CT molecular complexity index is 1130. The van der Waals surface area contributed by atoms with E-state index in [-0.39, 0.29) is 18.5 Å². The summed E-state index contributed by atoms with van der Waals surface area (Å²) in [5, 5.41) is 2.89. The Kier molecular flexibility index (Phi) is 9.70. The van der Waals surface area contributed by atoms with Crippen LogP contribution in [0.4, 0.5) is 5.69 Å². The first-order chi connectivity index (χ1) is 15.8. The number of hydrogen-bond donors (Lipinski definition) is 1. The topological polar surface area (TPSA) is 86.8 Å². The number of carbonyl (C=O) groups excluding carboxylic acids is 2. The van der Waals surface area contributed by atoms with Crippen LogP contribution in [0.2, 0.25) is 0 Å². The number of nitrogens with zero attached hydrogens (tertiary/aromatic N) is 2. The van der Waals surface area contributed by atoms with Crippen molar-refractivity contribution in [1.82, 2.24) is 10.2 Å². The molecule has 34 heavy (non-hydrogen) atoms. The van der Waals surface area contributed by atoms with Crippen molar-refractivity contribution in [2.45, 2.75) is 59.7 Å². The number of hydrogen-bond acceptors (Lipinski definition) is 4. The van der Waals surface area contributed by atoms with Gasteiger partial charge in [-0.05, 0) is 69.0 Å². The monoisotopic (exact) mass is 551 g/mol. The van der Waals surface area contributed by atoms with Gasteiger partial charge in [-0.25, -0.2) is 8.42 Å². The van der Waals surface area contributed by atoms with Crippen LogP contribution in [-0.4, -0.2) is 50.0 Å². The highest BCUT2D eigenvalue weighted by Gasteiger charge is 2.32. The second kappa shape index (κ2) is 11.8. The summed E-state index contributed by atoms with van der Waals surface area (Å²) >= 11 is 3.42. The van der Waals surface area contributed by atoms with Crippen LogP contribution in [-0.2, 0) is 26.2 Å². The third kappa shape index (κ3) is 7.30. The van der Waals surface area contributed by atoms with E-state index >= 15 is 0 Å². The predicted octanol–water partition coefficient (Wildman–Crippen LogP) is 4.16. The lowest BCUT2D eigenvalue weighted by atomic mass is 10.1. The van der Waals surface area contributed by atoms with Crippen LogP contribution in [0.5, 0.6) is 0 Å². The molecule has 7 nitrogen and oxygen atoms in total. The minimum Gasteiger partial charge on any atom is -0.352 e. The van der Waals surface area contributed by atoms with Gasteiger partial charge in [0.05, 0.1) is 11.9 Å². The zero-order valence-corrected chi connectivity index (χ0v) is 23.0. The fraction of sp³-hybridized carbons (Fsp3) is 0.440. The van der Waals surface area contributed by atoms with Crippen molar-refractivity contribution in [3.63, 3.8) is 0 Å². The number of rotatable bonds is 10. The average molecular weight is 553 g/mol. The Hall–Kier alpha value is -2.39. The number of nitrogens with one attached hydrogen (secondary N) is 1. The minimum atomic E-state index is -3.76. The number of aryl methyl sites for hydroxylation is 2. The highest BCUT2D eigenvalue weighted by molar-refractivity contribution is 9.10. The maximum Gasteiger partial charge on any atom is 0.244 e. The molecule has 0 saturated carbocycles. The van der Waals surface area contributed by atoms with Crippen LogP contribution in [0.25, 0.3) is 0 Å². The van der Waals surface area contributed by atoms with Gasteiger partial charge >= 0.3 is 0 Å². The largest absolute Gasteiger partial charge is 0.352 e. The Morgan fingerprint density at radius 3 is 2.24 bits per heavy atom. The van der Waals surface area contributed by atoms with E-state index in [1.54, 1.807) is 18.2 Å². The maximum atomic E-state index is 13.7. The Morgan fingerprint density at radius 1 is 1.06 bits per heavy atom. The molecule has 0 fully saturated rings. The molecule has 2 amide bonds. The van der Waals surface area contributed by atoms with Gasteiger partial charge in [0, 0.05) is 17.1 Å². The lowest BCUT2D eigenvalue weighted by Crippen LogP contribution is -2.53. The van der Waals surface area contributed by atoms with Crippen LogP contribution >= 0.6 is 15.9 Å². The molecule has 0 bridgehead atoms. The molecule has 0 unspecified atom stereocenters. The smallest absolute Gasteiger partial charge is 0.244 e. The zero-order chi connectivity index (χ0) is 25.6. The minimum absolute atomic E-state index is 0.0878. The number of sulfonamides is 1. The molecule has 0 aliphatic rings. The Labute approximate surface area is 211 Å². The van der Waals surface area contributed by atoms with Gasteiger partial charge in [0.15, 0.2) is 0 Å². The Balaban J connectivity index is 2.48. The number of anilines is 1. The summed E-state index contributed by atoms with van der Waals surface area (Å²) in [5.41, 5.74) is 3.13. The van der Waals surface area contributed by atoms with Crippen molar-refractivity contribution in [2.75, 3.05) is 17.1 Å². The lowest BCUT2D eigenvalue weighted by molar-refractivity contribution is -0.140. The molecule has 0 saturated heterocycles. The average Bonchev–Trinajstić information content (AvgIpc) is 2.73. The molecule has 0 spiro atoms.